The summed E-state index contributed by atoms with van der Waals surface area (Å²) in [6.07, 6.45) is 6.91. The molecule has 1 heterocycles. The molecule has 1 saturated heterocycles. The number of nitrogens with zero attached hydrogens (tertiary/aromatic N) is 1. The molecule has 2 aromatic carbocycles. The van der Waals surface area contributed by atoms with Gasteiger partial charge in [0.15, 0.2) is 0 Å². The highest BCUT2D eigenvalue weighted by Gasteiger charge is 2.31. The summed E-state index contributed by atoms with van der Waals surface area (Å²) >= 11 is 0. The molecule has 0 bridgehead atoms. The third-order valence-electron chi connectivity index (χ3n) is 6.09. The summed E-state index contributed by atoms with van der Waals surface area (Å²) in [6, 6.07) is 19.8. The third kappa shape index (κ3) is 4.91. The smallest absolute Gasteiger partial charge is 0.120 e. The molecule has 1 aliphatic carbocycles. The first-order valence-electron chi connectivity index (χ1n) is 10.6. The second-order valence-corrected chi connectivity index (χ2v) is 7.98. The van der Waals surface area contributed by atoms with Crippen LogP contribution in [0.25, 0.3) is 0 Å². The largest absolute Gasteiger partial charge is 0.489 e. The van der Waals surface area contributed by atoms with E-state index in [-0.39, 0.29) is 0 Å². The van der Waals surface area contributed by atoms with Crippen LogP contribution in [0.4, 0.5) is 0 Å². The van der Waals surface area contributed by atoms with Gasteiger partial charge in [-0.1, -0.05) is 61.7 Å². The van der Waals surface area contributed by atoms with Gasteiger partial charge in [0, 0.05) is 32.2 Å². The molecule has 3 heteroatoms. The Hall–Kier alpha value is -1.84. The lowest BCUT2D eigenvalue weighted by Gasteiger charge is -2.41. The zero-order valence-electron chi connectivity index (χ0n) is 16.3. The maximum Gasteiger partial charge on any atom is 0.120 e. The molecule has 0 unspecified atom stereocenters. The quantitative estimate of drug-likeness (QED) is 0.797. The van der Waals surface area contributed by atoms with Crippen molar-refractivity contribution in [3.63, 3.8) is 0 Å². The van der Waals surface area contributed by atoms with E-state index in [0.29, 0.717) is 12.6 Å². The molecular formula is C24H32N2O. The Kier molecular flexibility index (Phi) is 6.44. The molecule has 1 atom stereocenters. The van der Waals surface area contributed by atoms with Crippen molar-refractivity contribution < 1.29 is 4.74 Å². The Bertz CT molecular complexity index is 673. The molecule has 1 N–H and O–H groups in total. The van der Waals surface area contributed by atoms with E-state index in [0.717, 1.165) is 37.8 Å². The lowest BCUT2D eigenvalue weighted by Crippen LogP contribution is -2.47. The standard InChI is InChI=1S/C24H32N2O/c1-3-8-20(9-4-1)19-27-23-13-7-12-22(18-23)24(21-10-5-2-6-11-21)26-16-14-25-15-17-26/h1,3-4,7-9,12-13,18,21,24-25H,2,5-6,10-11,14-17,19H2/t24-/m1/s1. The zero-order valence-corrected chi connectivity index (χ0v) is 16.3. The van der Waals surface area contributed by atoms with E-state index in [4.69, 9.17) is 4.74 Å². The van der Waals surface area contributed by atoms with Gasteiger partial charge in [0.2, 0.25) is 0 Å². The number of ether oxygens (including phenoxy) is 1. The number of piperazine rings is 1. The fourth-order valence-electron chi connectivity index (χ4n) is 4.72. The first-order chi connectivity index (χ1) is 13.4. The van der Waals surface area contributed by atoms with Gasteiger partial charge in [0.05, 0.1) is 0 Å². The SMILES string of the molecule is c1ccc(COc2cccc([C@@H](C3CCCCC3)N3CCNCC3)c2)cc1. The molecule has 4 rings (SSSR count). The van der Waals surface area contributed by atoms with E-state index in [1.165, 1.54) is 43.2 Å². The number of rotatable bonds is 6. The highest BCUT2D eigenvalue weighted by atomic mass is 16.5. The molecule has 0 spiro atoms. The van der Waals surface area contributed by atoms with Crippen molar-refractivity contribution in [1.29, 1.82) is 0 Å². The summed E-state index contributed by atoms with van der Waals surface area (Å²) in [6.45, 7) is 5.14. The van der Waals surface area contributed by atoms with Gasteiger partial charge in [-0.15, -0.1) is 0 Å². The Morgan fingerprint density at radius 2 is 1.70 bits per heavy atom. The van der Waals surface area contributed by atoms with Crippen LogP contribution >= 0.6 is 0 Å². The Labute approximate surface area is 163 Å². The second kappa shape index (κ2) is 9.38. The van der Waals surface area contributed by atoms with Gasteiger partial charge in [-0.05, 0) is 42.0 Å². The summed E-state index contributed by atoms with van der Waals surface area (Å²) in [7, 11) is 0. The summed E-state index contributed by atoms with van der Waals surface area (Å²) in [5.74, 6) is 1.77. The van der Waals surface area contributed by atoms with Crippen molar-refractivity contribution in [3.8, 4) is 5.75 Å². The van der Waals surface area contributed by atoms with Gasteiger partial charge in [-0.2, -0.15) is 0 Å². The molecule has 0 aromatic heterocycles. The van der Waals surface area contributed by atoms with E-state index < -0.39 is 0 Å². The van der Waals surface area contributed by atoms with E-state index >= 15 is 0 Å². The van der Waals surface area contributed by atoms with Crippen LogP contribution < -0.4 is 10.1 Å². The average molecular weight is 365 g/mol. The predicted octanol–water partition coefficient (Wildman–Crippen LogP) is 4.79. The third-order valence-corrected chi connectivity index (χ3v) is 6.09. The lowest BCUT2D eigenvalue weighted by molar-refractivity contribution is 0.103. The molecule has 2 aromatic rings. The number of hydrogen-bond donors (Lipinski definition) is 1. The van der Waals surface area contributed by atoms with Gasteiger partial charge in [-0.25, -0.2) is 0 Å². The normalized spacial score (nSPS) is 20.3. The molecule has 1 saturated carbocycles. The Morgan fingerprint density at radius 3 is 2.48 bits per heavy atom. The topological polar surface area (TPSA) is 24.5 Å². The van der Waals surface area contributed by atoms with Crippen LogP contribution in [0, 0.1) is 5.92 Å². The maximum absolute atomic E-state index is 6.13. The molecule has 0 amide bonds. The van der Waals surface area contributed by atoms with Gasteiger partial charge < -0.3 is 10.1 Å². The molecule has 1 aliphatic heterocycles. The van der Waals surface area contributed by atoms with Gasteiger partial charge in [0.25, 0.3) is 0 Å². The summed E-state index contributed by atoms with van der Waals surface area (Å²) < 4.78 is 6.13. The highest BCUT2D eigenvalue weighted by Crippen LogP contribution is 2.39. The Morgan fingerprint density at radius 1 is 0.926 bits per heavy atom. The van der Waals surface area contributed by atoms with Gasteiger partial charge in [0.1, 0.15) is 12.4 Å². The van der Waals surface area contributed by atoms with Crippen LogP contribution in [0.5, 0.6) is 5.75 Å². The van der Waals surface area contributed by atoms with Crippen LogP contribution in [0.2, 0.25) is 0 Å². The minimum Gasteiger partial charge on any atom is -0.489 e. The van der Waals surface area contributed by atoms with Crippen molar-refractivity contribution in [1.82, 2.24) is 10.2 Å². The summed E-state index contributed by atoms with van der Waals surface area (Å²) in [5.41, 5.74) is 2.66. The number of benzene rings is 2. The second-order valence-electron chi connectivity index (χ2n) is 7.98. The molecule has 2 aliphatic rings. The number of hydrogen-bond acceptors (Lipinski definition) is 3. The van der Waals surface area contributed by atoms with E-state index in [9.17, 15) is 0 Å². The van der Waals surface area contributed by atoms with Crippen LogP contribution in [0.15, 0.2) is 54.6 Å². The maximum atomic E-state index is 6.13. The minimum absolute atomic E-state index is 0.535. The van der Waals surface area contributed by atoms with Crippen molar-refractivity contribution in [3.05, 3.63) is 65.7 Å². The van der Waals surface area contributed by atoms with Crippen molar-refractivity contribution in [2.75, 3.05) is 26.2 Å². The van der Waals surface area contributed by atoms with Gasteiger partial charge >= 0.3 is 0 Å². The van der Waals surface area contributed by atoms with Crippen molar-refractivity contribution in [2.24, 2.45) is 5.92 Å². The predicted molar refractivity (Wildman–Crippen MR) is 111 cm³/mol. The highest BCUT2D eigenvalue weighted by molar-refractivity contribution is 5.31. The fourth-order valence-corrected chi connectivity index (χ4v) is 4.72. The summed E-state index contributed by atoms with van der Waals surface area (Å²) in [4.78, 5) is 2.71. The first kappa shape index (κ1) is 18.5. The van der Waals surface area contributed by atoms with E-state index in [1.807, 2.05) is 6.07 Å². The average Bonchev–Trinajstić information content (AvgIpc) is 2.75. The monoisotopic (exact) mass is 364 g/mol. The minimum atomic E-state index is 0.535. The summed E-state index contributed by atoms with van der Waals surface area (Å²) in [5, 5.41) is 3.51. The van der Waals surface area contributed by atoms with Crippen LogP contribution in [-0.2, 0) is 6.61 Å². The molecule has 2 fully saturated rings. The number of nitrogens with one attached hydrogen (secondary N) is 1. The van der Waals surface area contributed by atoms with E-state index in [2.05, 4.69) is 58.7 Å². The molecule has 3 nitrogen and oxygen atoms in total. The van der Waals surface area contributed by atoms with Crippen LogP contribution in [0.1, 0.15) is 49.3 Å². The zero-order chi connectivity index (χ0) is 18.3. The van der Waals surface area contributed by atoms with E-state index in [1.54, 1.807) is 0 Å². The van der Waals surface area contributed by atoms with Crippen LogP contribution in [-0.4, -0.2) is 31.1 Å². The molecule has 0 radical (unpaired) electrons. The first-order valence-corrected chi connectivity index (χ1v) is 10.6. The Balaban J connectivity index is 1.52. The molecule has 27 heavy (non-hydrogen) atoms. The fraction of sp³-hybridized carbons (Fsp3) is 0.500. The lowest BCUT2D eigenvalue weighted by atomic mass is 9.80. The van der Waals surface area contributed by atoms with Crippen LogP contribution in [0.3, 0.4) is 0 Å². The van der Waals surface area contributed by atoms with Crippen molar-refractivity contribution >= 4 is 0 Å². The molecular weight excluding hydrogens is 332 g/mol. The van der Waals surface area contributed by atoms with Gasteiger partial charge in [-0.3, -0.25) is 4.90 Å². The van der Waals surface area contributed by atoms with Crippen molar-refractivity contribution in [2.45, 2.75) is 44.8 Å². The molecule has 144 valence electrons.